The van der Waals surface area contributed by atoms with Gasteiger partial charge in [0.25, 0.3) is 0 Å². The van der Waals surface area contributed by atoms with Gasteiger partial charge in [-0.3, -0.25) is 0 Å². The Morgan fingerprint density at radius 1 is 1.23 bits per heavy atom. The molecule has 1 spiro atoms. The molecule has 4 aliphatic rings. The van der Waals surface area contributed by atoms with Gasteiger partial charge in [0.2, 0.25) is 0 Å². The lowest BCUT2D eigenvalue weighted by Gasteiger charge is -2.74. The van der Waals surface area contributed by atoms with E-state index in [1.54, 1.807) is 0 Å². The van der Waals surface area contributed by atoms with Crippen molar-refractivity contribution in [1.29, 1.82) is 0 Å². The number of fused-ring (bicyclic) bond motifs is 1. The van der Waals surface area contributed by atoms with E-state index in [-0.39, 0.29) is 5.57 Å². The average Bonchev–Trinajstić information content (AvgIpc) is 2.74. The van der Waals surface area contributed by atoms with Crippen LogP contribution in [0.1, 0.15) is 39.0 Å². The van der Waals surface area contributed by atoms with Crippen LogP contribution in [-0.2, 0) is 19.1 Å². The van der Waals surface area contributed by atoms with Crippen LogP contribution < -0.4 is 0 Å². The lowest BCUT2D eigenvalue weighted by Crippen LogP contribution is -2.80. The first kappa shape index (κ1) is 14.2. The van der Waals surface area contributed by atoms with Crippen LogP contribution in [0, 0.1) is 11.3 Å². The second-order valence-electron chi connectivity index (χ2n) is 7.69. The maximum absolute atomic E-state index is 12.0. The molecule has 2 bridgehead atoms. The van der Waals surface area contributed by atoms with E-state index in [1.165, 1.54) is 6.92 Å². The number of ether oxygens (including phenoxy) is 2. The lowest BCUT2D eigenvalue weighted by molar-refractivity contribution is -0.357. The van der Waals surface area contributed by atoms with Crippen molar-refractivity contribution in [2.45, 2.75) is 55.8 Å². The number of rotatable bonds is 4. The molecule has 5 unspecified atom stereocenters. The van der Waals surface area contributed by atoms with Gasteiger partial charge in [0.1, 0.15) is 5.60 Å². The molecule has 0 heterocycles. The van der Waals surface area contributed by atoms with E-state index in [4.69, 9.17) is 9.47 Å². The molecule has 4 fully saturated rings. The number of carbonyl (C=O) groups is 2. The van der Waals surface area contributed by atoms with Crippen LogP contribution in [0.5, 0.6) is 0 Å². The molecule has 22 heavy (non-hydrogen) atoms. The number of hydrogen-bond acceptors (Lipinski definition) is 6. The Balaban J connectivity index is 1.47. The highest BCUT2D eigenvalue weighted by molar-refractivity contribution is 5.88. The molecule has 0 amide bonds. The molecule has 120 valence electrons. The van der Waals surface area contributed by atoms with E-state index in [9.17, 15) is 19.8 Å². The zero-order valence-electron chi connectivity index (χ0n) is 12.6. The molecule has 5 atom stereocenters. The Morgan fingerprint density at radius 2 is 1.95 bits per heavy atom. The monoisotopic (exact) mass is 308 g/mol. The molecule has 0 aromatic carbocycles. The second kappa shape index (κ2) is 3.74. The molecule has 4 aliphatic carbocycles. The first-order chi connectivity index (χ1) is 10.2. The Hall–Kier alpha value is -1.40. The van der Waals surface area contributed by atoms with Crippen molar-refractivity contribution >= 4 is 11.9 Å². The fraction of sp³-hybridized carbons (Fsp3) is 0.750. The van der Waals surface area contributed by atoms with Gasteiger partial charge in [-0.2, -0.15) is 0 Å². The molecule has 2 N–H and O–H groups in total. The molecule has 6 heteroatoms. The highest BCUT2D eigenvalue weighted by atomic mass is 16.6. The third kappa shape index (κ3) is 1.38. The minimum Gasteiger partial charge on any atom is -0.456 e. The van der Waals surface area contributed by atoms with Gasteiger partial charge in [0.05, 0.1) is 11.2 Å². The third-order valence-corrected chi connectivity index (χ3v) is 6.32. The third-order valence-electron chi connectivity index (χ3n) is 6.32. The predicted molar refractivity (Wildman–Crippen MR) is 73.5 cm³/mol. The van der Waals surface area contributed by atoms with E-state index in [0.29, 0.717) is 38.0 Å². The first-order valence-corrected chi connectivity index (χ1v) is 7.65. The van der Waals surface area contributed by atoms with Crippen molar-refractivity contribution in [3.63, 3.8) is 0 Å². The summed E-state index contributed by atoms with van der Waals surface area (Å²) in [6.07, 6.45) is 2.61. The first-order valence-electron chi connectivity index (χ1n) is 7.65. The summed E-state index contributed by atoms with van der Waals surface area (Å²) >= 11 is 0. The Kier molecular flexibility index (Phi) is 2.41. The molecular weight excluding hydrogens is 288 g/mol. The van der Waals surface area contributed by atoms with Crippen LogP contribution in [-0.4, -0.2) is 45.6 Å². The fourth-order valence-electron chi connectivity index (χ4n) is 5.88. The minimum absolute atomic E-state index is 0.218. The molecule has 0 aliphatic heterocycles. The Morgan fingerprint density at radius 3 is 2.55 bits per heavy atom. The van der Waals surface area contributed by atoms with Gasteiger partial charge in [-0.15, -0.1) is 0 Å². The highest BCUT2D eigenvalue weighted by Gasteiger charge is 2.91. The Labute approximate surface area is 128 Å². The van der Waals surface area contributed by atoms with Gasteiger partial charge in [-0.05, 0) is 32.1 Å². The van der Waals surface area contributed by atoms with Crippen molar-refractivity contribution in [2.75, 3.05) is 6.61 Å². The van der Waals surface area contributed by atoms with Crippen molar-refractivity contribution in [2.24, 2.45) is 11.3 Å². The normalized spacial score (nSPS) is 49.7. The maximum atomic E-state index is 12.0. The molecule has 0 aromatic rings. The van der Waals surface area contributed by atoms with E-state index >= 15 is 0 Å². The van der Waals surface area contributed by atoms with Crippen molar-refractivity contribution in [3.8, 4) is 0 Å². The van der Waals surface area contributed by atoms with Gasteiger partial charge < -0.3 is 19.7 Å². The molecular formula is C16H20O6. The SMILES string of the molecule is C=C(C)C(=O)OCC(=O)OC12CC3CC4(O)CC(O)(C1)CC342. The van der Waals surface area contributed by atoms with Crippen LogP contribution in [0.2, 0.25) is 0 Å². The van der Waals surface area contributed by atoms with Gasteiger partial charge in [-0.25, -0.2) is 9.59 Å². The number of aliphatic hydroxyl groups is 2. The quantitative estimate of drug-likeness (QED) is 0.579. The van der Waals surface area contributed by atoms with E-state index < -0.39 is 40.8 Å². The van der Waals surface area contributed by atoms with Crippen molar-refractivity contribution in [1.82, 2.24) is 0 Å². The highest BCUT2D eigenvalue weighted by Crippen LogP contribution is 2.86. The summed E-state index contributed by atoms with van der Waals surface area (Å²) < 4.78 is 10.4. The van der Waals surface area contributed by atoms with Crippen LogP contribution in [0.4, 0.5) is 0 Å². The predicted octanol–water partition coefficient (Wildman–Crippen LogP) is 0.457. The van der Waals surface area contributed by atoms with Crippen molar-refractivity contribution in [3.05, 3.63) is 12.2 Å². The number of esters is 2. The summed E-state index contributed by atoms with van der Waals surface area (Å²) in [7, 11) is 0. The average molecular weight is 308 g/mol. The Bertz CT molecular complexity index is 614. The van der Waals surface area contributed by atoms with E-state index in [2.05, 4.69) is 6.58 Å². The van der Waals surface area contributed by atoms with Crippen LogP contribution >= 0.6 is 0 Å². The summed E-state index contributed by atoms with van der Waals surface area (Å²) in [5.41, 5.74) is -2.89. The molecule has 0 saturated heterocycles. The summed E-state index contributed by atoms with van der Waals surface area (Å²) in [4.78, 5) is 23.3. The molecule has 6 nitrogen and oxygen atoms in total. The van der Waals surface area contributed by atoms with Crippen LogP contribution in [0.25, 0.3) is 0 Å². The summed E-state index contributed by atoms with van der Waals surface area (Å²) in [6, 6.07) is 0. The smallest absolute Gasteiger partial charge is 0.344 e. The number of carbonyl (C=O) groups excluding carboxylic acids is 2. The van der Waals surface area contributed by atoms with Gasteiger partial charge in [0.15, 0.2) is 6.61 Å². The zero-order chi connectivity index (χ0) is 16.0. The second-order valence-corrected chi connectivity index (χ2v) is 7.69. The van der Waals surface area contributed by atoms with Gasteiger partial charge in [-0.1, -0.05) is 6.58 Å². The van der Waals surface area contributed by atoms with Gasteiger partial charge >= 0.3 is 11.9 Å². The molecule has 4 rings (SSSR count). The lowest BCUT2D eigenvalue weighted by atomic mass is 9.34. The molecule has 0 radical (unpaired) electrons. The topological polar surface area (TPSA) is 93.1 Å². The summed E-state index contributed by atoms with van der Waals surface area (Å²) in [5.74, 6) is -0.946. The summed E-state index contributed by atoms with van der Waals surface area (Å²) in [6.45, 7) is 4.48. The fourth-order valence-corrected chi connectivity index (χ4v) is 5.88. The van der Waals surface area contributed by atoms with Gasteiger partial charge in [0, 0.05) is 23.8 Å². The number of hydrogen-bond donors (Lipinski definition) is 2. The van der Waals surface area contributed by atoms with E-state index in [1.807, 2.05) is 0 Å². The summed E-state index contributed by atoms with van der Waals surface area (Å²) in [5, 5.41) is 21.3. The van der Waals surface area contributed by atoms with Crippen LogP contribution in [0.15, 0.2) is 12.2 Å². The van der Waals surface area contributed by atoms with Crippen molar-refractivity contribution < 1.29 is 29.3 Å². The standard InChI is InChI=1S/C16H20O6/c1-9(2)12(18)21-5-11(17)22-15-4-10-3-14(20)6-13(19,7-15)8-16(10,14)15/h10,19-20H,1,3-8H2,2H3. The van der Waals surface area contributed by atoms with Crippen LogP contribution in [0.3, 0.4) is 0 Å². The van der Waals surface area contributed by atoms with E-state index in [0.717, 1.165) is 0 Å². The molecule has 0 aromatic heterocycles. The zero-order valence-corrected chi connectivity index (χ0v) is 12.6. The maximum Gasteiger partial charge on any atom is 0.344 e. The molecule has 4 saturated carbocycles. The largest absolute Gasteiger partial charge is 0.456 e. The minimum atomic E-state index is -0.936.